The molecule has 2 atom stereocenters. The molecule has 4 aliphatic rings. The third-order valence-electron chi connectivity index (χ3n) is 17.7. The fourth-order valence-corrected chi connectivity index (χ4v) is 13.3. The van der Waals surface area contributed by atoms with Crippen molar-refractivity contribution in [3.63, 3.8) is 0 Å². The molecule has 0 amide bonds. The standard InChI is InChI=1S/C69H72BN3/c1-65(2,3)49-30-33-52(34-31-49)71-61-45-53(73-59-28-20-19-27-55(59)68(10)39-21-14-22-40-69(68,73)11)35-37-57(61)70-56-36-29-48(46-23-15-12-16-24-46)41-60(56)72(63-44-51(67(7,8)9)43-62(71)64(63)70)58-38-32-50(66(4,5)6)42-54(58)47-25-17-13-18-26-47/h12-13,15-20,23-38,41-45H,14,21-22,39-40H2,1-11H3. The van der Waals surface area contributed by atoms with E-state index in [4.69, 9.17) is 0 Å². The smallest absolute Gasteiger partial charge is 0.252 e. The van der Waals surface area contributed by atoms with E-state index in [1.807, 2.05) is 0 Å². The number of para-hydroxylation sites is 1. The van der Waals surface area contributed by atoms with Gasteiger partial charge < -0.3 is 14.7 Å². The third-order valence-corrected chi connectivity index (χ3v) is 17.7. The van der Waals surface area contributed by atoms with E-state index in [2.05, 4.69) is 267 Å². The summed E-state index contributed by atoms with van der Waals surface area (Å²) >= 11 is 0. The summed E-state index contributed by atoms with van der Waals surface area (Å²) in [5.41, 5.74) is 24.1. The van der Waals surface area contributed by atoms with E-state index in [9.17, 15) is 0 Å². The van der Waals surface area contributed by atoms with Crippen molar-refractivity contribution >= 4 is 68.6 Å². The maximum Gasteiger partial charge on any atom is 0.252 e. The number of hydrogen-bond acceptors (Lipinski definition) is 3. The van der Waals surface area contributed by atoms with Crippen LogP contribution in [0.15, 0.2) is 176 Å². The molecule has 12 rings (SSSR count). The summed E-state index contributed by atoms with van der Waals surface area (Å²) in [5.74, 6) is 0. The lowest BCUT2D eigenvalue weighted by atomic mass is 9.33. The Hall–Kier alpha value is -6.78. The van der Waals surface area contributed by atoms with Crippen LogP contribution in [0, 0.1) is 0 Å². The fourth-order valence-electron chi connectivity index (χ4n) is 13.3. The van der Waals surface area contributed by atoms with Crippen LogP contribution < -0.4 is 31.1 Å². The molecule has 1 aliphatic carbocycles. The summed E-state index contributed by atoms with van der Waals surface area (Å²) in [5, 5.41) is 0. The highest BCUT2D eigenvalue weighted by molar-refractivity contribution is 7.00. The molecule has 0 saturated heterocycles. The van der Waals surface area contributed by atoms with Crippen LogP contribution in [0.1, 0.15) is 131 Å². The SMILES string of the molecule is CC(C)(C)c1ccc(N2c3cc(N4c5ccccc5C5(C)CCCCCC45C)ccc3B3c4ccc(-c5ccccc5)cc4N(c4ccc(C(C)(C)C)cc4-c4ccccc4)c4cc(C(C)(C)C)cc2c43)cc1. The van der Waals surface area contributed by atoms with Crippen molar-refractivity contribution in [2.24, 2.45) is 0 Å². The molecule has 0 aromatic heterocycles. The summed E-state index contributed by atoms with van der Waals surface area (Å²) in [4.78, 5) is 8.07. The quantitative estimate of drug-likeness (QED) is 0.159. The second kappa shape index (κ2) is 16.9. The van der Waals surface area contributed by atoms with Crippen LogP contribution >= 0.6 is 0 Å². The Balaban J connectivity index is 1.18. The number of nitrogens with zero attached hydrogens (tertiary/aromatic N) is 3. The maximum absolute atomic E-state index is 2.77. The van der Waals surface area contributed by atoms with Gasteiger partial charge >= 0.3 is 0 Å². The lowest BCUT2D eigenvalue weighted by Crippen LogP contribution is -2.61. The molecule has 1 fully saturated rings. The average molecular weight is 954 g/mol. The third kappa shape index (κ3) is 7.52. The second-order valence-electron chi connectivity index (χ2n) is 25.3. The maximum atomic E-state index is 2.77. The van der Waals surface area contributed by atoms with Crippen LogP contribution in [0.3, 0.4) is 0 Å². The summed E-state index contributed by atoms with van der Waals surface area (Å²) in [6, 6.07) is 68.2. The molecule has 73 heavy (non-hydrogen) atoms. The first-order chi connectivity index (χ1) is 34.8. The van der Waals surface area contributed by atoms with Gasteiger partial charge in [-0.05, 0) is 152 Å². The van der Waals surface area contributed by atoms with Gasteiger partial charge in [0.05, 0.1) is 11.2 Å². The molecule has 1 saturated carbocycles. The molecule has 0 bridgehead atoms. The second-order valence-corrected chi connectivity index (χ2v) is 25.3. The van der Waals surface area contributed by atoms with Gasteiger partial charge in [0.1, 0.15) is 0 Å². The van der Waals surface area contributed by atoms with Gasteiger partial charge in [0.15, 0.2) is 0 Å². The van der Waals surface area contributed by atoms with Gasteiger partial charge in [-0.15, -0.1) is 0 Å². The molecule has 0 N–H and O–H groups in total. The number of fused-ring (bicyclic) bond motifs is 7. The highest BCUT2D eigenvalue weighted by Gasteiger charge is 2.57. The first-order valence-electron chi connectivity index (χ1n) is 27.2. The van der Waals surface area contributed by atoms with Gasteiger partial charge in [-0.3, -0.25) is 0 Å². The number of benzene rings is 8. The topological polar surface area (TPSA) is 9.72 Å². The van der Waals surface area contributed by atoms with Crippen molar-refractivity contribution in [3.05, 3.63) is 198 Å². The van der Waals surface area contributed by atoms with Crippen LogP contribution in [-0.2, 0) is 21.7 Å². The van der Waals surface area contributed by atoms with Gasteiger partial charge in [-0.2, -0.15) is 0 Å². The predicted octanol–water partition coefficient (Wildman–Crippen LogP) is 17.1. The van der Waals surface area contributed by atoms with Gasteiger partial charge in [0, 0.05) is 50.8 Å². The zero-order valence-corrected chi connectivity index (χ0v) is 45.2. The Morgan fingerprint density at radius 2 is 0.959 bits per heavy atom. The van der Waals surface area contributed by atoms with E-state index >= 15 is 0 Å². The van der Waals surface area contributed by atoms with Crippen LogP contribution in [0.5, 0.6) is 0 Å². The van der Waals surface area contributed by atoms with E-state index in [0.717, 1.165) is 6.42 Å². The zero-order valence-electron chi connectivity index (χ0n) is 45.2. The Bertz CT molecular complexity index is 3430. The van der Waals surface area contributed by atoms with Crippen molar-refractivity contribution in [1.29, 1.82) is 0 Å². The van der Waals surface area contributed by atoms with Gasteiger partial charge in [0.2, 0.25) is 0 Å². The number of hydrogen-bond donors (Lipinski definition) is 0. The van der Waals surface area contributed by atoms with Crippen molar-refractivity contribution < 1.29 is 0 Å². The lowest BCUT2D eigenvalue weighted by molar-refractivity contribution is 0.261. The van der Waals surface area contributed by atoms with E-state index in [1.54, 1.807) is 0 Å². The van der Waals surface area contributed by atoms with Crippen LogP contribution in [-0.4, -0.2) is 12.3 Å². The molecular weight excluding hydrogens is 882 g/mol. The van der Waals surface area contributed by atoms with Crippen molar-refractivity contribution in [3.8, 4) is 22.3 Å². The summed E-state index contributed by atoms with van der Waals surface area (Å²) in [6.07, 6.45) is 6.15. The molecule has 0 radical (unpaired) electrons. The Morgan fingerprint density at radius 1 is 0.397 bits per heavy atom. The van der Waals surface area contributed by atoms with Crippen LogP contribution in [0.2, 0.25) is 0 Å². The molecule has 0 spiro atoms. The molecule has 8 aromatic rings. The molecule has 3 heterocycles. The Morgan fingerprint density at radius 3 is 1.63 bits per heavy atom. The highest BCUT2D eigenvalue weighted by Crippen LogP contribution is 2.60. The molecule has 4 heteroatoms. The molecular formula is C69H72BN3. The van der Waals surface area contributed by atoms with Crippen molar-refractivity contribution in [1.82, 2.24) is 0 Å². The summed E-state index contributed by atoms with van der Waals surface area (Å²) in [7, 11) is 0. The highest BCUT2D eigenvalue weighted by atomic mass is 15.3. The molecule has 3 nitrogen and oxygen atoms in total. The zero-order chi connectivity index (χ0) is 50.8. The average Bonchev–Trinajstić information content (AvgIpc) is 3.44. The monoisotopic (exact) mass is 954 g/mol. The largest absolute Gasteiger partial charge is 0.334 e. The van der Waals surface area contributed by atoms with Gasteiger partial charge in [-0.1, -0.05) is 204 Å². The van der Waals surface area contributed by atoms with Gasteiger partial charge in [0.25, 0.3) is 6.71 Å². The summed E-state index contributed by atoms with van der Waals surface area (Å²) in [6.45, 7) is 26.2. The van der Waals surface area contributed by atoms with Crippen molar-refractivity contribution in [2.45, 2.75) is 135 Å². The minimum Gasteiger partial charge on any atom is -0.334 e. The number of anilines is 8. The molecule has 366 valence electrons. The predicted molar refractivity (Wildman–Crippen MR) is 315 cm³/mol. The van der Waals surface area contributed by atoms with Crippen LogP contribution in [0.25, 0.3) is 22.3 Å². The fraction of sp³-hybridized carbons (Fsp3) is 0.304. The Kier molecular flexibility index (Phi) is 10.9. The first-order valence-corrected chi connectivity index (χ1v) is 27.2. The van der Waals surface area contributed by atoms with E-state index in [0.29, 0.717) is 0 Å². The minimum atomic E-state index is -0.154. The normalized spacial score (nSPS) is 19.2. The Labute approximate surface area is 437 Å². The van der Waals surface area contributed by atoms with E-state index in [-0.39, 0.29) is 33.9 Å². The summed E-state index contributed by atoms with van der Waals surface area (Å²) < 4.78 is 0. The first kappa shape index (κ1) is 47.2. The molecule has 3 aliphatic heterocycles. The van der Waals surface area contributed by atoms with E-state index < -0.39 is 0 Å². The van der Waals surface area contributed by atoms with Crippen molar-refractivity contribution in [2.75, 3.05) is 14.7 Å². The lowest BCUT2D eigenvalue weighted by Gasteiger charge is -2.48. The number of rotatable bonds is 5. The van der Waals surface area contributed by atoms with Crippen LogP contribution in [0.4, 0.5) is 45.5 Å². The van der Waals surface area contributed by atoms with Gasteiger partial charge in [-0.25, -0.2) is 0 Å². The molecule has 2 unspecified atom stereocenters. The minimum absolute atomic E-state index is 0.0215. The van der Waals surface area contributed by atoms with E-state index in [1.165, 1.54) is 132 Å². The molecule has 8 aromatic carbocycles.